The van der Waals surface area contributed by atoms with Crippen molar-refractivity contribution in [1.29, 1.82) is 0 Å². The Kier molecular flexibility index (Phi) is 5.44. The number of carbonyl (C=O) groups excluding carboxylic acids is 1. The highest BCUT2D eigenvalue weighted by molar-refractivity contribution is 5.74. The first kappa shape index (κ1) is 14.8. The number of carboxylic acid groups (broad SMARTS) is 1. The molecule has 104 valence electrons. The molecule has 2 N–H and O–H groups in total. The van der Waals surface area contributed by atoms with Crippen molar-refractivity contribution in [2.24, 2.45) is 11.8 Å². The van der Waals surface area contributed by atoms with Gasteiger partial charge in [-0.3, -0.25) is 4.79 Å². The average molecular weight is 256 g/mol. The number of aliphatic carboxylic acids is 1. The van der Waals surface area contributed by atoms with E-state index in [0.717, 1.165) is 19.4 Å². The summed E-state index contributed by atoms with van der Waals surface area (Å²) >= 11 is 0. The van der Waals surface area contributed by atoms with Crippen molar-refractivity contribution < 1.29 is 14.7 Å². The molecule has 0 bridgehead atoms. The number of rotatable bonds is 4. The molecule has 5 heteroatoms. The molecule has 0 heterocycles. The van der Waals surface area contributed by atoms with Gasteiger partial charge >= 0.3 is 12.0 Å². The molecular formula is C13H24N2O3. The van der Waals surface area contributed by atoms with E-state index < -0.39 is 5.97 Å². The quantitative estimate of drug-likeness (QED) is 0.807. The monoisotopic (exact) mass is 256 g/mol. The molecule has 5 nitrogen and oxygen atoms in total. The third-order valence-electron chi connectivity index (χ3n) is 3.39. The van der Waals surface area contributed by atoms with Crippen molar-refractivity contribution in [1.82, 2.24) is 10.2 Å². The van der Waals surface area contributed by atoms with E-state index in [9.17, 15) is 9.59 Å². The van der Waals surface area contributed by atoms with Gasteiger partial charge in [-0.25, -0.2) is 4.79 Å². The first-order chi connectivity index (χ1) is 8.40. The van der Waals surface area contributed by atoms with Crippen LogP contribution in [0.25, 0.3) is 0 Å². The fourth-order valence-corrected chi connectivity index (χ4v) is 2.40. The minimum Gasteiger partial charge on any atom is -0.481 e. The minimum absolute atomic E-state index is 0.0533. The number of amides is 2. The molecule has 1 aliphatic carbocycles. The maximum atomic E-state index is 11.9. The van der Waals surface area contributed by atoms with E-state index in [1.54, 1.807) is 11.9 Å². The van der Waals surface area contributed by atoms with Crippen molar-refractivity contribution >= 4 is 12.0 Å². The van der Waals surface area contributed by atoms with Gasteiger partial charge in [0.15, 0.2) is 0 Å². The van der Waals surface area contributed by atoms with Gasteiger partial charge in [0.2, 0.25) is 0 Å². The number of nitrogens with one attached hydrogen (secondary N) is 1. The molecule has 0 spiro atoms. The highest BCUT2D eigenvalue weighted by Gasteiger charge is 2.27. The lowest BCUT2D eigenvalue weighted by molar-refractivity contribution is -0.142. The smallest absolute Gasteiger partial charge is 0.317 e. The van der Waals surface area contributed by atoms with Crippen LogP contribution in [0, 0.1) is 11.8 Å². The lowest BCUT2D eigenvalue weighted by Gasteiger charge is -2.29. The number of urea groups is 1. The summed E-state index contributed by atoms with van der Waals surface area (Å²) in [5.41, 5.74) is 0. The molecule has 0 aromatic rings. The van der Waals surface area contributed by atoms with Crippen LogP contribution in [0.15, 0.2) is 0 Å². The normalized spacial score (nSPS) is 23.8. The van der Waals surface area contributed by atoms with Crippen molar-refractivity contribution in [2.75, 3.05) is 13.6 Å². The Labute approximate surface area is 109 Å². The van der Waals surface area contributed by atoms with Crippen molar-refractivity contribution in [3.63, 3.8) is 0 Å². The molecule has 0 aromatic heterocycles. The van der Waals surface area contributed by atoms with Gasteiger partial charge in [-0.2, -0.15) is 0 Å². The second kappa shape index (κ2) is 6.61. The van der Waals surface area contributed by atoms with Crippen LogP contribution >= 0.6 is 0 Å². The SMILES string of the molecule is CC(C)CN(C)C(=O)NC1CCC(C(=O)O)CC1. The van der Waals surface area contributed by atoms with Crippen LogP contribution in [0.3, 0.4) is 0 Å². The Balaban J connectivity index is 2.32. The van der Waals surface area contributed by atoms with Crippen molar-refractivity contribution in [3.8, 4) is 0 Å². The Morgan fingerprint density at radius 3 is 2.28 bits per heavy atom. The first-order valence-corrected chi connectivity index (χ1v) is 6.64. The topological polar surface area (TPSA) is 69.6 Å². The van der Waals surface area contributed by atoms with Gasteiger partial charge in [0.1, 0.15) is 0 Å². The maximum Gasteiger partial charge on any atom is 0.317 e. The van der Waals surface area contributed by atoms with Gasteiger partial charge < -0.3 is 15.3 Å². The number of carboxylic acids is 1. The van der Waals surface area contributed by atoms with Crippen LogP contribution in [-0.2, 0) is 4.79 Å². The molecule has 0 aliphatic heterocycles. The summed E-state index contributed by atoms with van der Waals surface area (Å²) in [6.07, 6.45) is 2.85. The summed E-state index contributed by atoms with van der Waals surface area (Å²) in [5, 5.41) is 11.9. The van der Waals surface area contributed by atoms with E-state index in [0.29, 0.717) is 18.8 Å². The average Bonchev–Trinajstić information content (AvgIpc) is 2.28. The van der Waals surface area contributed by atoms with E-state index in [2.05, 4.69) is 19.2 Å². The summed E-state index contributed by atoms with van der Waals surface area (Å²) in [6.45, 7) is 4.87. The molecule has 0 saturated heterocycles. The maximum absolute atomic E-state index is 11.9. The van der Waals surface area contributed by atoms with Crippen LogP contribution in [0.1, 0.15) is 39.5 Å². The largest absolute Gasteiger partial charge is 0.481 e. The minimum atomic E-state index is -0.711. The third kappa shape index (κ3) is 4.55. The molecular weight excluding hydrogens is 232 g/mol. The van der Waals surface area contributed by atoms with Gasteiger partial charge in [-0.1, -0.05) is 13.8 Å². The zero-order chi connectivity index (χ0) is 13.7. The summed E-state index contributed by atoms with van der Waals surface area (Å²) < 4.78 is 0. The van der Waals surface area contributed by atoms with Crippen LogP contribution in [0.4, 0.5) is 4.79 Å². The highest BCUT2D eigenvalue weighted by atomic mass is 16.4. The van der Waals surface area contributed by atoms with E-state index in [-0.39, 0.29) is 18.0 Å². The second-order valence-corrected chi connectivity index (χ2v) is 5.61. The van der Waals surface area contributed by atoms with E-state index >= 15 is 0 Å². The van der Waals surface area contributed by atoms with E-state index in [1.807, 2.05) is 0 Å². The van der Waals surface area contributed by atoms with Crippen LogP contribution in [0.2, 0.25) is 0 Å². The summed E-state index contributed by atoms with van der Waals surface area (Å²) in [7, 11) is 1.79. The van der Waals surface area contributed by atoms with Gasteiger partial charge in [0.25, 0.3) is 0 Å². The van der Waals surface area contributed by atoms with Crippen LogP contribution in [0.5, 0.6) is 0 Å². The van der Waals surface area contributed by atoms with E-state index in [4.69, 9.17) is 5.11 Å². The molecule has 1 aliphatic rings. The Bertz CT molecular complexity index is 297. The molecule has 1 rings (SSSR count). The Morgan fingerprint density at radius 2 is 1.83 bits per heavy atom. The van der Waals surface area contributed by atoms with Gasteiger partial charge in [-0.15, -0.1) is 0 Å². The predicted molar refractivity (Wildman–Crippen MR) is 69.4 cm³/mol. The molecule has 1 saturated carbocycles. The van der Waals surface area contributed by atoms with Gasteiger partial charge in [0, 0.05) is 19.6 Å². The van der Waals surface area contributed by atoms with Crippen molar-refractivity contribution in [3.05, 3.63) is 0 Å². The zero-order valence-electron chi connectivity index (χ0n) is 11.5. The zero-order valence-corrected chi connectivity index (χ0v) is 11.5. The van der Waals surface area contributed by atoms with Crippen LogP contribution < -0.4 is 5.32 Å². The Hall–Kier alpha value is -1.26. The number of hydrogen-bond donors (Lipinski definition) is 2. The predicted octanol–water partition coefficient (Wildman–Crippen LogP) is 1.93. The number of nitrogens with zero attached hydrogens (tertiary/aromatic N) is 1. The lowest BCUT2D eigenvalue weighted by Crippen LogP contribution is -2.45. The van der Waals surface area contributed by atoms with Gasteiger partial charge in [-0.05, 0) is 31.6 Å². The summed E-state index contributed by atoms with van der Waals surface area (Å²) in [5.74, 6) is -0.494. The summed E-state index contributed by atoms with van der Waals surface area (Å²) in [6, 6.07) is 0.0742. The molecule has 0 aromatic carbocycles. The molecule has 0 atom stereocenters. The Morgan fingerprint density at radius 1 is 1.28 bits per heavy atom. The van der Waals surface area contributed by atoms with E-state index in [1.165, 1.54) is 0 Å². The molecule has 18 heavy (non-hydrogen) atoms. The third-order valence-corrected chi connectivity index (χ3v) is 3.39. The summed E-state index contributed by atoms with van der Waals surface area (Å²) in [4.78, 5) is 24.4. The fourth-order valence-electron chi connectivity index (χ4n) is 2.40. The van der Waals surface area contributed by atoms with Crippen LogP contribution in [-0.4, -0.2) is 41.6 Å². The fraction of sp³-hybridized carbons (Fsp3) is 0.846. The molecule has 0 radical (unpaired) electrons. The highest BCUT2D eigenvalue weighted by Crippen LogP contribution is 2.24. The van der Waals surface area contributed by atoms with Gasteiger partial charge in [0.05, 0.1) is 5.92 Å². The standard InChI is InChI=1S/C13H24N2O3/c1-9(2)8-15(3)13(18)14-11-6-4-10(5-7-11)12(16)17/h9-11H,4-8H2,1-3H3,(H,14,18)(H,16,17). The molecule has 0 unspecified atom stereocenters. The number of hydrogen-bond acceptors (Lipinski definition) is 2. The van der Waals surface area contributed by atoms with Crippen molar-refractivity contribution in [2.45, 2.75) is 45.6 Å². The molecule has 2 amide bonds. The number of carbonyl (C=O) groups is 2. The first-order valence-electron chi connectivity index (χ1n) is 6.64. The second-order valence-electron chi connectivity index (χ2n) is 5.61. The lowest BCUT2D eigenvalue weighted by atomic mass is 9.86. The molecule has 1 fully saturated rings.